The molecule has 0 heterocycles. The van der Waals surface area contributed by atoms with Crippen LogP contribution in [-0.2, 0) is 4.79 Å². The zero-order chi connectivity index (χ0) is 14.3. The van der Waals surface area contributed by atoms with Gasteiger partial charge in [0.1, 0.15) is 0 Å². The Morgan fingerprint density at radius 2 is 1.89 bits per heavy atom. The van der Waals surface area contributed by atoms with E-state index < -0.39 is 5.60 Å². The topological polar surface area (TPSA) is 49.3 Å². The molecule has 1 aromatic carbocycles. The fourth-order valence-corrected chi connectivity index (χ4v) is 1.82. The van der Waals surface area contributed by atoms with Crippen LogP contribution in [0.2, 0.25) is 0 Å². The van der Waals surface area contributed by atoms with E-state index >= 15 is 0 Å². The number of carbonyl (C=O) groups excluding carboxylic acids is 1. The molecule has 0 unspecified atom stereocenters. The summed E-state index contributed by atoms with van der Waals surface area (Å²) in [6.07, 6.45) is 4.48. The lowest BCUT2D eigenvalue weighted by atomic mass is 9.98. The summed E-state index contributed by atoms with van der Waals surface area (Å²) in [6, 6.07) is 7.68. The Morgan fingerprint density at radius 1 is 1.32 bits per heavy atom. The van der Waals surface area contributed by atoms with Crippen LogP contribution in [0.25, 0.3) is 6.08 Å². The molecule has 0 aliphatic rings. The van der Waals surface area contributed by atoms with Gasteiger partial charge >= 0.3 is 0 Å². The number of aliphatic hydroxyl groups is 1. The highest BCUT2D eigenvalue weighted by atomic mass is 79.9. The molecule has 0 bridgehead atoms. The number of amides is 1. The Kier molecular flexibility index (Phi) is 6.25. The van der Waals surface area contributed by atoms with Gasteiger partial charge in [0, 0.05) is 17.1 Å². The maximum absolute atomic E-state index is 11.6. The third kappa shape index (κ3) is 5.57. The van der Waals surface area contributed by atoms with E-state index in [1.165, 1.54) is 6.08 Å². The highest BCUT2D eigenvalue weighted by Gasteiger charge is 2.22. The molecule has 1 amide bonds. The maximum Gasteiger partial charge on any atom is 0.244 e. The average molecular weight is 326 g/mol. The lowest BCUT2D eigenvalue weighted by Crippen LogP contribution is -2.41. The molecule has 0 saturated carbocycles. The Labute approximate surface area is 122 Å². The van der Waals surface area contributed by atoms with E-state index in [4.69, 9.17) is 0 Å². The van der Waals surface area contributed by atoms with Crippen molar-refractivity contribution in [1.29, 1.82) is 0 Å². The number of hydrogen-bond donors (Lipinski definition) is 2. The Hall–Kier alpha value is -1.13. The predicted octanol–water partition coefficient (Wildman–Crippen LogP) is 3.13. The van der Waals surface area contributed by atoms with Gasteiger partial charge in [0.05, 0.1) is 5.60 Å². The van der Waals surface area contributed by atoms with Crippen LogP contribution < -0.4 is 5.32 Å². The van der Waals surface area contributed by atoms with E-state index in [0.29, 0.717) is 12.8 Å². The van der Waals surface area contributed by atoms with Crippen molar-refractivity contribution >= 4 is 27.9 Å². The Morgan fingerprint density at radius 3 is 2.42 bits per heavy atom. The van der Waals surface area contributed by atoms with Gasteiger partial charge < -0.3 is 10.4 Å². The smallest absolute Gasteiger partial charge is 0.244 e. The van der Waals surface area contributed by atoms with Crippen LogP contribution >= 0.6 is 15.9 Å². The summed E-state index contributed by atoms with van der Waals surface area (Å²) >= 11 is 3.36. The minimum absolute atomic E-state index is 0.191. The SMILES string of the molecule is CCC(O)(CC)CNC(=O)C=Cc1ccc(Br)cc1. The van der Waals surface area contributed by atoms with Gasteiger partial charge in [-0.2, -0.15) is 0 Å². The monoisotopic (exact) mass is 325 g/mol. The number of rotatable bonds is 6. The molecular weight excluding hydrogens is 306 g/mol. The van der Waals surface area contributed by atoms with Crippen molar-refractivity contribution in [3.63, 3.8) is 0 Å². The van der Waals surface area contributed by atoms with Crippen LogP contribution in [0.15, 0.2) is 34.8 Å². The molecule has 0 radical (unpaired) electrons. The summed E-state index contributed by atoms with van der Waals surface area (Å²) in [6.45, 7) is 4.10. The Balaban J connectivity index is 2.49. The molecule has 0 aliphatic heterocycles. The van der Waals surface area contributed by atoms with Gasteiger partial charge in [-0.1, -0.05) is 41.9 Å². The van der Waals surface area contributed by atoms with Crippen molar-refractivity contribution in [2.24, 2.45) is 0 Å². The van der Waals surface area contributed by atoms with Crippen molar-refractivity contribution in [3.05, 3.63) is 40.4 Å². The van der Waals surface area contributed by atoms with Crippen molar-refractivity contribution in [2.45, 2.75) is 32.3 Å². The Bertz CT molecular complexity index is 436. The molecule has 3 nitrogen and oxygen atoms in total. The summed E-state index contributed by atoms with van der Waals surface area (Å²) in [5.41, 5.74) is 0.154. The number of benzene rings is 1. The van der Waals surface area contributed by atoms with Crippen molar-refractivity contribution in [3.8, 4) is 0 Å². The van der Waals surface area contributed by atoms with Gasteiger partial charge in [-0.3, -0.25) is 4.79 Å². The molecule has 2 N–H and O–H groups in total. The molecule has 1 aromatic rings. The van der Waals surface area contributed by atoms with Crippen molar-refractivity contribution in [2.75, 3.05) is 6.54 Å². The van der Waals surface area contributed by atoms with Gasteiger partial charge in [0.2, 0.25) is 5.91 Å². The van der Waals surface area contributed by atoms with E-state index in [0.717, 1.165) is 10.0 Å². The summed E-state index contributed by atoms with van der Waals surface area (Å²) in [5.74, 6) is -0.191. The van der Waals surface area contributed by atoms with Crippen LogP contribution in [0, 0.1) is 0 Å². The molecule has 4 heteroatoms. The second-order valence-electron chi connectivity index (χ2n) is 4.53. The third-order valence-electron chi connectivity index (χ3n) is 3.21. The lowest BCUT2D eigenvalue weighted by Gasteiger charge is -2.24. The summed E-state index contributed by atoms with van der Waals surface area (Å²) in [7, 11) is 0. The molecule has 0 fully saturated rings. The summed E-state index contributed by atoms with van der Waals surface area (Å²) < 4.78 is 1.00. The summed E-state index contributed by atoms with van der Waals surface area (Å²) in [5, 5.41) is 12.8. The van der Waals surface area contributed by atoms with Gasteiger partial charge in [-0.25, -0.2) is 0 Å². The van der Waals surface area contributed by atoms with Gasteiger partial charge in [-0.15, -0.1) is 0 Å². The first-order chi connectivity index (χ1) is 8.99. The van der Waals surface area contributed by atoms with Crippen LogP contribution in [0.1, 0.15) is 32.3 Å². The minimum atomic E-state index is -0.804. The third-order valence-corrected chi connectivity index (χ3v) is 3.73. The predicted molar refractivity (Wildman–Crippen MR) is 81.7 cm³/mol. The molecule has 19 heavy (non-hydrogen) atoms. The second-order valence-corrected chi connectivity index (χ2v) is 5.45. The van der Waals surface area contributed by atoms with Crippen LogP contribution in [0.5, 0.6) is 0 Å². The van der Waals surface area contributed by atoms with Crippen LogP contribution in [0.4, 0.5) is 0 Å². The zero-order valence-corrected chi connectivity index (χ0v) is 12.9. The van der Waals surface area contributed by atoms with Crippen LogP contribution in [0.3, 0.4) is 0 Å². The molecule has 0 aromatic heterocycles. The molecule has 0 aliphatic carbocycles. The molecule has 0 saturated heterocycles. The van der Waals surface area contributed by atoms with E-state index in [-0.39, 0.29) is 12.5 Å². The van der Waals surface area contributed by atoms with E-state index in [2.05, 4.69) is 21.2 Å². The molecule has 0 spiro atoms. The zero-order valence-electron chi connectivity index (χ0n) is 11.3. The lowest BCUT2D eigenvalue weighted by molar-refractivity contribution is -0.117. The first-order valence-corrected chi connectivity index (χ1v) is 7.22. The molecule has 104 valence electrons. The minimum Gasteiger partial charge on any atom is -0.388 e. The number of halogens is 1. The summed E-state index contributed by atoms with van der Waals surface area (Å²) in [4.78, 5) is 11.6. The van der Waals surface area contributed by atoms with E-state index in [1.807, 2.05) is 38.1 Å². The van der Waals surface area contributed by atoms with Crippen molar-refractivity contribution < 1.29 is 9.90 Å². The van der Waals surface area contributed by atoms with Crippen molar-refractivity contribution in [1.82, 2.24) is 5.32 Å². The average Bonchev–Trinajstić information content (AvgIpc) is 2.44. The highest BCUT2D eigenvalue weighted by Crippen LogP contribution is 2.13. The van der Waals surface area contributed by atoms with Crippen LogP contribution in [-0.4, -0.2) is 23.2 Å². The van der Waals surface area contributed by atoms with Gasteiger partial charge in [0.15, 0.2) is 0 Å². The standard InChI is InChI=1S/C15H20BrNO2/c1-3-15(19,4-2)11-17-14(18)10-7-12-5-8-13(16)9-6-12/h5-10,19H,3-4,11H2,1-2H3,(H,17,18). The molecular formula is C15H20BrNO2. The van der Waals surface area contributed by atoms with Gasteiger partial charge in [0.25, 0.3) is 0 Å². The number of carbonyl (C=O) groups is 1. The largest absolute Gasteiger partial charge is 0.388 e. The first kappa shape index (κ1) is 15.9. The normalized spacial score (nSPS) is 11.8. The van der Waals surface area contributed by atoms with E-state index in [9.17, 15) is 9.90 Å². The second kappa shape index (κ2) is 7.46. The quantitative estimate of drug-likeness (QED) is 0.789. The number of hydrogen-bond acceptors (Lipinski definition) is 2. The molecule has 0 atom stereocenters. The number of nitrogens with one attached hydrogen (secondary N) is 1. The maximum atomic E-state index is 11.6. The molecule has 1 rings (SSSR count). The van der Waals surface area contributed by atoms with Gasteiger partial charge in [-0.05, 0) is 36.6 Å². The first-order valence-electron chi connectivity index (χ1n) is 6.43. The fraction of sp³-hybridized carbons (Fsp3) is 0.400. The highest BCUT2D eigenvalue weighted by molar-refractivity contribution is 9.10. The fourth-order valence-electron chi connectivity index (χ4n) is 1.56. The van der Waals surface area contributed by atoms with E-state index in [1.54, 1.807) is 6.08 Å².